The number of anilines is 1. The van der Waals surface area contributed by atoms with Crippen molar-refractivity contribution in [2.75, 3.05) is 11.9 Å². The molecular weight excluding hydrogens is 390 g/mol. The molecule has 7 nitrogen and oxygen atoms in total. The van der Waals surface area contributed by atoms with Gasteiger partial charge >= 0.3 is 6.03 Å². The molecule has 0 spiro atoms. The molecule has 0 atom stereocenters. The molecule has 4 N–H and O–H groups in total. The molecule has 3 amide bonds. The Morgan fingerprint density at radius 1 is 1.25 bits per heavy atom. The van der Waals surface area contributed by atoms with Gasteiger partial charge in [-0.05, 0) is 29.4 Å². The van der Waals surface area contributed by atoms with Crippen molar-refractivity contribution in [3.05, 3.63) is 40.5 Å². The van der Waals surface area contributed by atoms with Crippen LogP contribution in [0.15, 0.2) is 12.1 Å². The van der Waals surface area contributed by atoms with Crippen molar-refractivity contribution < 1.29 is 23.1 Å². The van der Waals surface area contributed by atoms with E-state index in [1.807, 2.05) is 13.8 Å². The monoisotopic (exact) mass is 412 g/mol. The molecule has 28 heavy (non-hydrogen) atoms. The van der Waals surface area contributed by atoms with Gasteiger partial charge in [-0.2, -0.15) is 4.37 Å². The van der Waals surface area contributed by atoms with Crippen LogP contribution >= 0.6 is 11.5 Å². The van der Waals surface area contributed by atoms with Gasteiger partial charge in [0.15, 0.2) is 11.6 Å². The maximum Gasteiger partial charge on any atom is 0.319 e. The number of aryl methyl sites for hydroxylation is 1. The predicted octanol–water partition coefficient (Wildman–Crippen LogP) is 3.44. The number of aromatic nitrogens is 1. The molecule has 0 aliphatic carbocycles. The molecule has 2 aromatic rings. The third-order valence-electron chi connectivity index (χ3n) is 3.79. The summed E-state index contributed by atoms with van der Waals surface area (Å²) in [6.07, 6.45) is 0.357. The second-order valence-electron chi connectivity index (χ2n) is 6.44. The molecule has 1 heterocycles. The number of nitrogens with zero attached hydrogens (tertiary/aromatic N) is 1. The van der Waals surface area contributed by atoms with E-state index in [1.165, 1.54) is 12.1 Å². The first-order valence-electron chi connectivity index (χ1n) is 8.67. The smallest absolute Gasteiger partial charge is 0.319 e. The fourth-order valence-corrected chi connectivity index (χ4v) is 3.02. The lowest BCUT2D eigenvalue weighted by Gasteiger charge is -2.10. The van der Waals surface area contributed by atoms with Crippen LogP contribution in [0, 0.1) is 17.6 Å². The Labute approximate surface area is 165 Å². The molecule has 0 fully saturated rings. The summed E-state index contributed by atoms with van der Waals surface area (Å²) < 4.78 is 37.3. The molecule has 0 unspecified atom stereocenters. The first-order valence-corrected chi connectivity index (χ1v) is 9.44. The van der Waals surface area contributed by atoms with Crippen molar-refractivity contribution in [3.63, 3.8) is 0 Å². The van der Waals surface area contributed by atoms with Gasteiger partial charge in [-0.15, -0.1) is 0 Å². The summed E-state index contributed by atoms with van der Waals surface area (Å²) in [6, 6.07) is 2.36. The fourth-order valence-electron chi connectivity index (χ4n) is 2.28. The second-order valence-corrected chi connectivity index (χ2v) is 7.21. The average molecular weight is 412 g/mol. The van der Waals surface area contributed by atoms with E-state index in [1.54, 1.807) is 6.92 Å². The summed E-state index contributed by atoms with van der Waals surface area (Å²) in [5.41, 5.74) is 5.46. The zero-order chi connectivity index (χ0) is 20.8. The minimum absolute atomic E-state index is 0.0256. The van der Waals surface area contributed by atoms with Crippen LogP contribution in [0.5, 0.6) is 5.88 Å². The lowest BCUT2D eigenvalue weighted by Crippen LogP contribution is -2.32. The van der Waals surface area contributed by atoms with Crippen molar-refractivity contribution in [2.45, 2.75) is 33.8 Å². The number of hydrogen-bond donors (Lipinski definition) is 3. The lowest BCUT2D eigenvalue weighted by atomic mass is 10.1. The minimum Gasteiger partial charge on any atom is -0.471 e. The van der Waals surface area contributed by atoms with Gasteiger partial charge in [0.1, 0.15) is 17.2 Å². The maximum absolute atomic E-state index is 14.1. The average Bonchev–Trinajstić information content (AvgIpc) is 3.04. The normalized spacial score (nSPS) is 10.8. The van der Waals surface area contributed by atoms with Crippen molar-refractivity contribution >= 4 is 28.5 Å². The summed E-state index contributed by atoms with van der Waals surface area (Å²) >= 11 is 0.800. The number of benzene rings is 1. The number of hydrogen-bond acceptors (Lipinski definition) is 5. The highest BCUT2D eigenvalue weighted by Crippen LogP contribution is 2.31. The standard InChI is InChI=1S/C18H22F2N4O3S/c1-4-10-5-6-11(14(20)13(10)19)8-27-16-12(15(21)25)17(28-24-16)23-18(26)22-7-9(2)3/h5-6,9H,4,7-8H2,1-3H3,(H2,21,25)(H2,22,23,26). The quantitative estimate of drug-likeness (QED) is 0.617. The Morgan fingerprint density at radius 3 is 2.50 bits per heavy atom. The Bertz CT molecular complexity index is 871. The van der Waals surface area contributed by atoms with E-state index in [0.29, 0.717) is 13.0 Å². The third-order valence-corrected chi connectivity index (χ3v) is 4.54. The van der Waals surface area contributed by atoms with E-state index >= 15 is 0 Å². The number of urea groups is 1. The lowest BCUT2D eigenvalue weighted by molar-refractivity contribution is 0.0996. The van der Waals surface area contributed by atoms with Crippen LogP contribution in [0.1, 0.15) is 42.3 Å². The largest absolute Gasteiger partial charge is 0.471 e. The van der Waals surface area contributed by atoms with Crippen LogP contribution < -0.4 is 21.1 Å². The van der Waals surface area contributed by atoms with E-state index in [4.69, 9.17) is 10.5 Å². The molecule has 0 saturated heterocycles. The van der Waals surface area contributed by atoms with Gasteiger partial charge in [0, 0.05) is 12.1 Å². The summed E-state index contributed by atoms with van der Waals surface area (Å²) in [5, 5.41) is 5.23. The number of ether oxygens (including phenoxy) is 1. The summed E-state index contributed by atoms with van der Waals surface area (Å²) in [7, 11) is 0. The van der Waals surface area contributed by atoms with E-state index in [2.05, 4.69) is 15.0 Å². The number of carbonyl (C=O) groups excluding carboxylic acids is 2. The molecule has 0 radical (unpaired) electrons. The van der Waals surface area contributed by atoms with Crippen LogP contribution in [-0.4, -0.2) is 22.9 Å². The number of halogens is 2. The van der Waals surface area contributed by atoms with Crippen molar-refractivity contribution in [1.82, 2.24) is 9.69 Å². The molecule has 1 aromatic carbocycles. The predicted molar refractivity (Wildman–Crippen MR) is 103 cm³/mol. The molecule has 2 rings (SSSR count). The number of primary amides is 1. The Balaban J connectivity index is 2.14. The van der Waals surface area contributed by atoms with E-state index < -0.39 is 23.6 Å². The molecule has 0 bridgehead atoms. The highest BCUT2D eigenvalue weighted by molar-refractivity contribution is 7.11. The van der Waals surface area contributed by atoms with Crippen molar-refractivity contribution in [1.29, 1.82) is 0 Å². The maximum atomic E-state index is 14.1. The van der Waals surface area contributed by atoms with Gasteiger partial charge in [0.25, 0.3) is 5.91 Å². The Hall–Kier alpha value is -2.75. The molecule has 152 valence electrons. The molecule has 0 aliphatic rings. The van der Waals surface area contributed by atoms with Crippen LogP contribution in [-0.2, 0) is 13.0 Å². The zero-order valence-corrected chi connectivity index (χ0v) is 16.6. The molecular formula is C18H22F2N4O3S. The van der Waals surface area contributed by atoms with Crippen LogP contribution in [0.25, 0.3) is 0 Å². The highest BCUT2D eigenvalue weighted by Gasteiger charge is 2.23. The second kappa shape index (κ2) is 9.45. The van der Waals surface area contributed by atoms with Crippen LogP contribution in [0.3, 0.4) is 0 Å². The van der Waals surface area contributed by atoms with Gasteiger partial charge in [-0.1, -0.05) is 32.9 Å². The van der Waals surface area contributed by atoms with Gasteiger partial charge in [-0.3, -0.25) is 10.1 Å². The first-order chi connectivity index (χ1) is 13.2. The van der Waals surface area contributed by atoms with E-state index in [0.717, 1.165) is 11.5 Å². The van der Waals surface area contributed by atoms with E-state index in [9.17, 15) is 18.4 Å². The molecule has 1 aromatic heterocycles. The number of amides is 3. The van der Waals surface area contributed by atoms with Gasteiger partial charge < -0.3 is 15.8 Å². The van der Waals surface area contributed by atoms with E-state index in [-0.39, 0.29) is 40.1 Å². The van der Waals surface area contributed by atoms with Gasteiger partial charge in [-0.25, -0.2) is 13.6 Å². The summed E-state index contributed by atoms with van der Waals surface area (Å²) in [4.78, 5) is 23.7. The molecule has 0 aliphatic heterocycles. The molecule has 0 saturated carbocycles. The number of nitrogens with one attached hydrogen (secondary N) is 2. The topological polar surface area (TPSA) is 106 Å². The van der Waals surface area contributed by atoms with Gasteiger partial charge in [0.2, 0.25) is 5.88 Å². The number of nitrogens with two attached hydrogens (primary N) is 1. The van der Waals surface area contributed by atoms with Gasteiger partial charge in [0.05, 0.1) is 0 Å². The Kier molecular flexibility index (Phi) is 7.27. The SMILES string of the molecule is CCc1ccc(COc2nsc(NC(=O)NCC(C)C)c2C(N)=O)c(F)c1F. The summed E-state index contributed by atoms with van der Waals surface area (Å²) in [5.74, 6) is -2.72. The molecule has 10 heteroatoms. The zero-order valence-electron chi connectivity index (χ0n) is 15.8. The Morgan fingerprint density at radius 2 is 1.89 bits per heavy atom. The highest BCUT2D eigenvalue weighted by atomic mass is 32.1. The first kappa shape index (κ1) is 21.5. The van der Waals surface area contributed by atoms with Crippen molar-refractivity contribution in [2.24, 2.45) is 11.7 Å². The fraction of sp³-hybridized carbons (Fsp3) is 0.389. The number of carbonyl (C=O) groups is 2. The van der Waals surface area contributed by atoms with Crippen LogP contribution in [0.4, 0.5) is 18.6 Å². The van der Waals surface area contributed by atoms with Crippen LogP contribution in [0.2, 0.25) is 0 Å². The third kappa shape index (κ3) is 5.16. The summed E-state index contributed by atoms with van der Waals surface area (Å²) in [6.45, 7) is 5.67. The number of rotatable bonds is 8. The minimum atomic E-state index is -1.01. The van der Waals surface area contributed by atoms with Crippen molar-refractivity contribution in [3.8, 4) is 5.88 Å².